The van der Waals surface area contributed by atoms with Crippen LogP contribution < -0.4 is 0 Å². The second kappa shape index (κ2) is 7.93. The molecule has 4 rings (SSSR count). The molecule has 0 N–H and O–H groups in total. The summed E-state index contributed by atoms with van der Waals surface area (Å²) in [4.78, 5) is 23.6. The van der Waals surface area contributed by atoms with Crippen LogP contribution in [0.4, 0.5) is 13.2 Å². The molecule has 0 aliphatic carbocycles. The standard InChI is InChI=1S/C22H21F3N4O/c1-28-13-11-26-20(28)21(30)29-12-3-6-19(29)18-5-2-4-17(27-18)14-15-7-9-16(10-8-15)22(23,24)25/h2,4-5,7-11,13,19H,3,6,12,14H2,1H3/t19-/m1/s1. The number of carbonyl (C=O) groups is 1. The Morgan fingerprint density at radius 2 is 1.93 bits per heavy atom. The van der Waals surface area contributed by atoms with Crippen molar-refractivity contribution in [2.75, 3.05) is 6.54 Å². The molecule has 1 amide bonds. The lowest BCUT2D eigenvalue weighted by Crippen LogP contribution is -2.32. The van der Waals surface area contributed by atoms with Gasteiger partial charge in [-0.1, -0.05) is 18.2 Å². The number of rotatable bonds is 4. The van der Waals surface area contributed by atoms with Gasteiger partial charge in [-0.05, 0) is 42.7 Å². The second-order valence-corrected chi connectivity index (χ2v) is 7.44. The summed E-state index contributed by atoms with van der Waals surface area (Å²) in [6, 6.07) is 10.6. The van der Waals surface area contributed by atoms with Crippen molar-refractivity contribution >= 4 is 5.91 Å². The van der Waals surface area contributed by atoms with E-state index in [4.69, 9.17) is 4.98 Å². The first kappa shape index (κ1) is 20.1. The van der Waals surface area contributed by atoms with E-state index >= 15 is 0 Å². The summed E-state index contributed by atoms with van der Waals surface area (Å²) in [6.45, 7) is 0.640. The number of halogens is 3. The summed E-state index contributed by atoms with van der Waals surface area (Å²) in [7, 11) is 1.79. The number of alkyl halides is 3. The molecule has 0 radical (unpaired) electrons. The predicted molar refractivity (Wildman–Crippen MR) is 105 cm³/mol. The summed E-state index contributed by atoms with van der Waals surface area (Å²) >= 11 is 0. The predicted octanol–water partition coefficient (Wildman–Crippen LogP) is 4.40. The van der Waals surface area contributed by atoms with Gasteiger partial charge in [0.25, 0.3) is 5.91 Å². The van der Waals surface area contributed by atoms with Crippen LogP contribution in [0.5, 0.6) is 0 Å². The van der Waals surface area contributed by atoms with Gasteiger partial charge in [0.05, 0.1) is 17.3 Å². The van der Waals surface area contributed by atoms with Gasteiger partial charge in [0.2, 0.25) is 0 Å². The van der Waals surface area contributed by atoms with Crippen LogP contribution in [-0.2, 0) is 19.6 Å². The highest BCUT2D eigenvalue weighted by Crippen LogP contribution is 2.32. The minimum atomic E-state index is -4.34. The average molecular weight is 414 g/mol. The summed E-state index contributed by atoms with van der Waals surface area (Å²) in [5.74, 6) is 0.266. The van der Waals surface area contributed by atoms with E-state index in [1.54, 1.807) is 28.9 Å². The second-order valence-electron chi connectivity index (χ2n) is 7.44. The molecule has 156 valence electrons. The molecule has 0 spiro atoms. The van der Waals surface area contributed by atoms with Crippen LogP contribution in [-0.4, -0.2) is 31.9 Å². The number of nitrogens with zero attached hydrogens (tertiary/aromatic N) is 4. The molecule has 3 heterocycles. The van der Waals surface area contributed by atoms with Gasteiger partial charge in [-0.15, -0.1) is 0 Å². The molecule has 1 fully saturated rings. The summed E-state index contributed by atoms with van der Waals surface area (Å²) in [5.41, 5.74) is 1.63. The molecule has 0 unspecified atom stereocenters. The van der Waals surface area contributed by atoms with Crippen LogP contribution in [0, 0.1) is 0 Å². The minimum Gasteiger partial charge on any atom is -0.330 e. The first-order chi connectivity index (χ1) is 14.3. The zero-order valence-electron chi connectivity index (χ0n) is 16.4. The number of aryl methyl sites for hydroxylation is 1. The Morgan fingerprint density at radius 3 is 2.60 bits per heavy atom. The lowest BCUT2D eigenvalue weighted by molar-refractivity contribution is -0.137. The van der Waals surface area contributed by atoms with Gasteiger partial charge < -0.3 is 9.47 Å². The van der Waals surface area contributed by atoms with Crippen LogP contribution in [0.25, 0.3) is 0 Å². The molecule has 3 aromatic rings. The molecule has 1 aliphatic rings. The molecular formula is C22H21F3N4O. The largest absolute Gasteiger partial charge is 0.416 e. The van der Waals surface area contributed by atoms with Crippen molar-refractivity contribution in [2.45, 2.75) is 31.5 Å². The molecule has 5 nitrogen and oxygen atoms in total. The van der Waals surface area contributed by atoms with Gasteiger partial charge in [0.15, 0.2) is 5.82 Å². The molecule has 1 saturated heterocycles. The zero-order valence-corrected chi connectivity index (χ0v) is 16.4. The normalized spacial score (nSPS) is 16.8. The van der Waals surface area contributed by atoms with Crippen molar-refractivity contribution in [3.05, 3.63) is 83.2 Å². The van der Waals surface area contributed by atoms with Gasteiger partial charge in [-0.2, -0.15) is 13.2 Å². The SMILES string of the molecule is Cn1ccnc1C(=O)N1CCC[C@@H]1c1cccc(Cc2ccc(C(F)(F)F)cc2)n1. The van der Waals surface area contributed by atoms with Crippen LogP contribution in [0.2, 0.25) is 0 Å². The summed E-state index contributed by atoms with van der Waals surface area (Å²) in [6.07, 6.45) is 1.11. The maximum Gasteiger partial charge on any atom is 0.416 e. The fourth-order valence-electron chi connectivity index (χ4n) is 3.82. The fourth-order valence-corrected chi connectivity index (χ4v) is 3.82. The number of pyridine rings is 1. The Hall–Kier alpha value is -3.16. The van der Waals surface area contributed by atoms with Crippen molar-refractivity contribution in [1.82, 2.24) is 19.4 Å². The Balaban J connectivity index is 1.53. The molecule has 1 aromatic carbocycles. The van der Waals surface area contributed by atoms with E-state index in [0.717, 1.165) is 41.9 Å². The topological polar surface area (TPSA) is 51.0 Å². The molecule has 2 aromatic heterocycles. The van der Waals surface area contributed by atoms with Gasteiger partial charge in [0.1, 0.15) is 0 Å². The molecule has 30 heavy (non-hydrogen) atoms. The maximum absolute atomic E-state index is 12.9. The molecule has 0 bridgehead atoms. The van der Waals surface area contributed by atoms with Crippen molar-refractivity contribution in [3.63, 3.8) is 0 Å². The number of imidazole rings is 1. The van der Waals surface area contributed by atoms with Gasteiger partial charge >= 0.3 is 6.18 Å². The van der Waals surface area contributed by atoms with E-state index in [-0.39, 0.29) is 11.9 Å². The first-order valence-corrected chi connectivity index (χ1v) is 9.73. The molecule has 8 heteroatoms. The number of likely N-dealkylation sites (tertiary alicyclic amines) is 1. The third-order valence-electron chi connectivity index (χ3n) is 5.36. The van der Waals surface area contributed by atoms with E-state index in [0.29, 0.717) is 18.8 Å². The lowest BCUT2D eigenvalue weighted by Gasteiger charge is -2.24. The fraction of sp³-hybridized carbons (Fsp3) is 0.318. The van der Waals surface area contributed by atoms with Crippen molar-refractivity contribution in [3.8, 4) is 0 Å². The smallest absolute Gasteiger partial charge is 0.330 e. The zero-order chi connectivity index (χ0) is 21.3. The summed E-state index contributed by atoms with van der Waals surface area (Å²) in [5, 5.41) is 0. The Labute approximate surface area is 172 Å². The Bertz CT molecular complexity index is 1040. The van der Waals surface area contributed by atoms with E-state index in [1.165, 1.54) is 12.1 Å². The summed E-state index contributed by atoms with van der Waals surface area (Å²) < 4.78 is 40.0. The number of hydrogen-bond acceptors (Lipinski definition) is 3. The van der Waals surface area contributed by atoms with Crippen molar-refractivity contribution in [1.29, 1.82) is 0 Å². The van der Waals surface area contributed by atoms with Crippen molar-refractivity contribution < 1.29 is 18.0 Å². The van der Waals surface area contributed by atoms with Crippen LogP contribution >= 0.6 is 0 Å². The Kier molecular flexibility index (Phi) is 5.32. The monoisotopic (exact) mass is 414 g/mol. The highest BCUT2D eigenvalue weighted by atomic mass is 19.4. The number of benzene rings is 1. The highest BCUT2D eigenvalue weighted by molar-refractivity contribution is 5.91. The maximum atomic E-state index is 12.9. The quantitative estimate of drug-likeness (QED) is 0.636. The van der Waals surface area contributed by atoms with Gasteiger partial charge in [-0.3, -0.25) is 9.78 Å². The van der Waals surface area contributed by atoms with E-state index in [2.05, 4.69) is 4.98 Å². The number of aromatic nitrogens is 3. The van der Waals surface area contributed by atoms with E-state index < -0.39 is 11.7 Å². The van der Waals surface area contributed by atoms with E-state index in [9.17, 15) is 18.0 Å². The average Bonchev–Trinajstić information content (AvgIpc) is 3.36. The van der Waals surface area contributed by atoms with Crippen LogP contribution in [0.1, 0.15) is 52.0 Å². The first-order valence-electron chi connectivity index (χ1n) is 9.73. The van der Waals surface area contributed by atoms with Gasteiger partial charge in [0, 0.05) is 38.1 Å². The third kappa shape index (κ3) is 4.08. The van der Waals surface area contributed by atoms with E-state index in [1.807, 2.05) is 18.2 Å². The Morgan fingerprint density at radius 1 is 1.17 bits per heavy atom. The lowest BCUT2D eigenvalue weighted by atomic mass is 10.1. The minimum absolute atomic E-state index is 0.125. The van der Waals surface area contributed by atoms with Crippen molar-refractivity contribution in [2.24, 2.45) is 7.05 Å². The van der Waals surface area contributed by atoms with Gasteiger partial charge in [-0.25, -0.2) is 4.98 Å². The molecule has 0 saturated carbocycles. The third-order valence-corrected chi connectivity index (χ3v) is 5.36. The number of amides is 1. The number of hydrogen-bond donors (Lipinski definition) is 0. The van der Waals surface area contributed by atoms with Crippen LogP contribution in [0.15, 0.2) is 54.9 Å². The number of carbonyl (C=O) groups excluding carboxylic acids is 1. The molecule has 1 aliphatic heterocycles. The highest BCUT2D eigenvalue weighted by Gasteiger charge is 2.33. The molecule has 1 atom stereocenters. The molecular weight excluding hydrogens is 393 g/mol. The van der Waals surface area contributed by atoms with Crippen LogP contribution in [0.3, 0.4) is 0 Å².